The lowest BCUT2D eigenvalue weighted by Crippen LogP contribution is -2.21. The summed E-state index contributed by atoms with van der Waals surface area (Å²) in [7, 11) is 4.50. The number of pyridine rings is 1. The van der Waals surface area contributed by atoms with E-state index in [2.05, 4.69) is 10.3 Å². The lowest BCUT2D eigenvalue weighted by molar-refractivity contribution is -0.385. The minimum absolute atomic E-state index is 0.111. The van der Waals surface area contributed by atoms with E-state index >= 15 is 0 Å². The number of nitrogens with one attached hydrogen (secondary N) is 1. The van der Waals surface area contributed by atoms with Gasteiger partial charge in [0.1, 0.15) is 11.4 Å². The van der Waals surface area contributed by atoms with Crippen molar-refractivity contribution in [3.8, 4) is 17.2 Å². The molecule has 0 aliphatic heterocycles. The number of anilines is 1. The highest BCUT2D eigenvalue weighted by Gasteiger charge is 2.23. The van der Waals surface area contributed by atoms with Crippen molar-refractivity contribution < 1.29 is 19.1 Å². The first-order valence-electron chi connectivity index (χ1n) is 8.18. The number of benzene rings is 1. The van der Waals surface area contributed by atoms with Crippen LogP contribution in [0.2, 0.25) is 0 Å². The molecule has 2 aromatic heterocycles. The predicted octanol–water partition coefficient (Wildman–Crippen LogP) is 2.24. The Labute approximate surface area is 159 Å². The molecular weight excluding hydrogens is 368 g/mol. The van der Waals surface area contributed by atoms with Gasteiger partial charge in [-0.25, -0.2) is 4.98 Å². The number of aromatic nitrogens is 2. The summed E-state index contributed by atoms with van der Waals surface area (Å²) in [5.74, 6) is 1.32. The molecule has 2 heterocycles. The largest absolute Gasteiger partial charge is 0.496 e. The van der Waals surface area contributed by atoms with Crippen molar-refractivity contribution in [2.24, 2.45) is 0 Å². The molecule has 0 radical (unpaired) electrons. The van der Waals surface area contributed by atoms with Gasteiger partial charge in [-0.2, -0.15) is 0 Å². The zero-order valence-electron chi connectivity index (χ0n) is 15.5. The van der Waals surface area contributed by atoms with Crippen LogP contribution < -0.4 is 25.1 Å². The molecule has 0 bridgehead atoms. The second-order valence-electron chi connectivity index (χ2n) is 5.67. The third kappa shape index (κ3) is 3.39. The van der Waals surface area contributed by atoms with Crippen LogP contribution >= 0.6 is 0 Å². The Morgan fingerprint density at radius 1 is 1.11 bits per heavy atom. The number of hydrogen-bond donors (Lipinski definition) is 1. The van der Waals surface area contributed by atoms with Crippen molar-refractivity contribution in [1.82, 2.24) is 9.38 Å². The summed E-state index contributed by atoms with van der Waals surface area (Å²) in [6.07, 6.45) is 1.43. The van der Waals surface area contributed by atoms with Crippen LogP contribution in [0.15, 0.2) is 41.3 Å². The van der Waals surface area contributed by atoms with Crippen molar-refractivity contribution in [3.63, 3.8) is 0 Å². The van der Waals surface area contributed by atoms with E-state index in [0.717, 1.165) is 4.40 Å². The van der Waals surface area contributed by atoms with E-state index in [0.29, 0.717) is 28.5 Å². The van der Waals surface area contributed by atoms with Crippen molar-refractivity contribution in [1.29, 1.82) is 0 Å². The topological polar surface area (TPSA) is 117 Å². The van der Waals surface area contributed by atoms with Gasteiger partial charge in [0.25, 0.3) is 0 Å². The standard InChI is InChI=1S/C18H18N4O6/c1-26-12-9-14(28-3)13(27-2)8-11(12)10-19-17-16(22(24)25)18(23)21-7-5-4-6-15(21)20-17/h4-9,19H,10H2,1-3H3. The Bertz CT molecular complexity index is 1100. The molecule has 0 fully saturated rings. The van der Waals surface area contributed by atoms with Gasteiger partial charge in [0.05, 0.1) is 26.3 Å². The quantitative estimate of drug-likeness (QED) is 0.485. The average molecular weight is 386 g/mol. The molecule has 0 aliphatic carbocycles. The first-order valence-corrected chi connectivity index (χ1v) is 8.18. The number of ether oxygens (including phenoxy) is 3. The maximum Gasteiger partial charge on any atom is 0.376 e. The minimum Gasteiger partial charge on any atom is -0.496 e. The lowest BCUT2D eigenvalue weighted by Gasteiger charge is -2.15. The Morgan fingerprint density at radius 2 is 1.79 bits per heavy atom. The van der Waals surface area contributed by atoms with Crippen LogP contribution in [0.3, 0.4) is 0 Å². The zero-order chi connectivity index (χ0) is 20.3. The monoisotopic (exact) mass is 386 g/mol. The van der Waals surface area contributed by atoms with E-state index < -0.39 is 16.2 Å². The van der Waals surface area contributed by atoms with Gasteiger partial charge in [0.15, 0.2) is 11.5 Å². The van der Waals surface area contributed by atoms with Crippen molar-refractivity contribution in [2.75, 3.05) is 26.6 Å². The fourth-order valence-corrected chi connectivity index (χ4v) is 2.78. The summed E-state index contributed by atoms with van der Waals surface area (Å²) in [4.78, 5) is 27.4. The normalized spacial score (nSPS) is 10.5. The third-order valence-corrected chi connectivity index (χ3v) is 4.13. The van der Waals surface area contributed by atoms with Gasteiger partial charge in [0, 0.05) is 24.4 Å². The lowest BCUT2D eigenvalue weighted by atomic mass is 10.1. The number of rotatable bonds is 7. The second-order valence-corrected chi connectivity index (χ2v) is 5.67. The van der Waals surface area contributed by atoms with Gasteiger partial charge in [-0.15, -0.1) is 0 Å². The van der Waals surface area contributed by atoms with E-state index in [-0.39, 0.29) is 12.4 Å². The summed E-state index contributed by atoms with van der Waals surface area (Å²) >= 11 is 0. The molecule has 0 atom stereocenters. The van der Waals surface area contributed by atoms with Crippen LogP contribution in [0.25, 0.3) is 5.65 Å². The molecule has 0 saturated heterocycles. The number of methoxy groups -OCH3 is 3. The molecule has 0 spiro atoms. The molecule has 1 aromatic carbocycles. The smallest absolute Gasteiger partial charge is 0.376 e. The molecule has 1 N–H and O–H groups in total. The number of nitrogens with zero attached hydrogens (tertiary/aromatic N) is 3. The van der Waals surface area contributed by atoms with Gasteiger partial charge >= 0.3 is 11.2 Å². The molecule has 146 valence electrons. The third-order valence-electron chi connectivity index (χ3n) is 4.13. The Kier molecular flexibility index (Phi) is 5.30. The van der Waals surface area contributed by atoms with Crippen molar-refractivity contribution >= 4 is 17.2 Å². The Hall–Kier alpha value is -3.82. The number of hydrogen-bond acceptors (Lipinski definition) is 8. The van der Waals surface area contributed by atoms with Crippen LogP contribution in [0.1, 0.15) is 5.56 Å². The number of nitro groups is 1. The van der Waals surface area contributed by atoms with Gasteiger partial charge in [0.2, 0.25) is 5.82 Å². The summed E-state index contributed by atoms with van der Waals surface area (Å²) < 4.78 is 17.0. The van der Waals surface area contributed by atoms with Gasteiger partial charge in [-0.1, -0.05) is 6.07 Å². The van der Waals surface area contributed by atoms with Crippen LogP contribution in [-0.4, -0.2) is 35.6 Å². The molecule has 3 rings (SSSR count). The van der Waals surface area contributed by atoms with E-state index in [9.17, 15) is 14.9 Å². The summed E-state index contributed by atoms with van der Waals surface area (Å²) in [6.45, 7) is 0.111. The summed E-state index contributed by atoms with van der Waals surface area (Å²) in [6, 6.07) is 8.21. The zero-order valence-corrected chi connectivity index (χ0v) is 15.5. The minimum atomic E-state index is -0.766. The highest BCUT2D eigenvalue weighted by atomic mass is 16.6. The maximum absolute atomic E-state index is 12.5. The second kappa shape index (κ2) is 7.82. The fourth-order valence-electron chi connectivity index (χ4n) is 2.78. The van der Waals surface area contributed by atoms with Crippen molar-refractivity contribution in [3.05, 3.63) is 62.6 Å². The molecule has 0 saturated carbocycles. The molecule has 10 nitrogen and oxygen atoms in total. The molecule has 3 aromatic rings. The van der Waals surface area contributed by atoms with E-state index in [4.69, 9.17) is 14.2 Å². The molecular formula is C18H18N4O6. The van der Waals surface area contributed by atoms with Crippen LogP contribution in [0.4, 0.5) is 11.5 Å². The molecule has 0 aliphatic rings. The van der Waals surface area contributed by atoms with Crippen molar-refractivity contribution in [2.45, 2.75) is 6.54 Å². The molecule has 0 amide bonds. The van der Waals surface area contributed by atoms with Gasteiger partial charge in [-0.3, -0.25) is 19.3 Å². The predicted molar refractivity (Wildman–Crippen MR) is 102 cm³/mol. The highest BCUT2D eigenvalue weighted by Crippen LogP contribution is 2.35. The first-order chi connectivity index (χ1) is 13.5. The SMILES string of the molecule is COc1cc(OC)c(OC)cc1CNc1nc2ccccn2c(=O)c1[N+](=O)[O-]. The van der Waals surface area contributed by atoms with Crippen LogP contribution in [0, 0.1) is 10.1 Å². The first kappa shape index (κ1) is 19.0. The van der Waals surface area contributed by atoms with E-state index in [1.165, 1.54) is 27.5 Å². The maximum atomic E-state index is 12.5. The van der Waals surface area contributed by atoms with Gasteiger partial charge < -0.3 is 19.5 Å². The Balaban J connectivity index is 2.03. The fraction of sp³-hybridized carbons (Fsp3) is 0.222. The summed E-state index contributed by atoms with van der Waals surface area (Å²) in [5, 5.41) is 14.3. The molecule has 0 unspecified atom stereocenters. The van der Waals surface area contributed by atoms with Crippen LogP contribution in [0.5, 0.6) is 17.2 Å². The van der Waals surface area contributed by atoms with Crippen LogP contribution in [-0.2, 0) is 6.54 Å². The summed E-state index contributed by atoms with van der Waals surface area (Å²) in [5.41, 5.74) is -0.468. The number of fused-ring (bicyclic) bond motifs is 1. The van der Waals surface area contributed by atoms with E-state index in [1.54, 1.807) is 30.3 Å². The molecule has 10 heteroatoms. The Morgan fingerprint density at radius 3 is 2.43 bits per heavy atom. The molecule has 28 heavy (non-hydrogen) atoms. The highest BCUT2D eigenvalue weighted by molar-refractivity contribution is 5.60. The average Bonchev–Trinajstić information content (AvgIpc) is 2.71. The van der Waals surface area contributed by atoms with Gasteiger partial charge in [-0.05, 0) is 18.2 Å². The van der Waals surface area contributed by atoms with E-state index in [1.807, 2.05) is 0 Å².